The molecule has 0 radical (unpaired) electrons. The molecule has 5 rings (SSSR count). The molecule has 1 heterocycles. The molecule has 0 aliphatic rings. The van der Waals surface area contributed by atoms with Crippen LogP contribution in [0.1, 0.15) is 41.2 Å². The first-order valence-corrected chi connectivity index (χ1v) is 12.7. The van der Waals surface area contributed by atoms with Crippen molar-refractivity contribution in [2.45, 2.75) is 39.0 Å². The Morgan fingerprint density at radius 2 is 1.50 bits per heavy atom. The van der Waals surface area contributed by atoms with Crippen LogP contribution in [-0.4, -0.2) is 4.98 Å². The molecule has 0 aliphatic carbocycles. The van der Waals surface area contributed by atoms with E-state index < -0.39 is 11.7 Å². The number of para-hydroxylation sites is 1. The maximum absolute atomic E-state index is 13.8. The Balaban J connectivity index is 1.54. The van der Waals surface area contributed by atoms with Gasteiger partial charge in [-0.15, -0.1) is 0 Å². The Morgan fingerprint density at radius 1 is 0.763 bits per heavy atom. The third kappa shape index (κ3) is 5.72. The number of hydrogen-bond donors (Lipinski definition) is 0. The lowest BCUT2D eigenvalue weighted by Gasteiger charge is -2.17. The number of aromatic nitrogens is 1. The molecule has 5 aromatic rings. The Morgan fingerprint density at radius 3 is 2.24 bits per heavy atom. The van der Waals surface area contributed by atoms with Crippen molar-refractivity contribution >= 4 is 10.9 Å². The average molecular weight is 512 g/mol. The van der Waals surface area contributed by atoms with Crippen LogP contribution in [0.5, 0.6) is 5.75 Å². The third-order valence-electron chi connectivity index (χ3n) is 6.61. The van der Waals surface area contributed by atoms with Gasteiger partial charge in [0, 0.05) is 11.6 Å². The molecule has 0 fully saturated rings. The van der Waals surface area contributed by atoms with Gasteiger partial charge in [0.2, 0.25) is 0 Å². The maximum atomic E-state index is 13.8. The summed E-state index contributed by atoms with van der Waals surface area (Å²) in [6, 6.07) is 30.0. The summed E-state index contributed by atoms with van der Waals surface area (Å²) in [6.07, 6.45) is -0.230. The molecule has 5 heteroatoms. The molecule has 2 nitrogen and oxygen atoms in total. The van der Waals surface area contributed by atoms with Crippen LogP contribution in [0.25, 0.3) is 22.0 Å². The van der Waals surface area contributed by atoms with Gasteiger partial charge in [-0.2, -0.15) is 13.2 Å². The van der Waals surface area contributed by atoms with Crippen molar-refractivity contribution in [1.29, 1.82) is 0 Å². The zero-order chi connectivity index (χ0) is 26.5. The topological polar surface area (TPSA) is 22.1 Å². The van der Waals surface area contributed by atoms with Crippen LogP contribution in [0, 0.1) is 0 Å². The summed E-state index contributed by atoms with van der Waals surface area (Å²) in [7, 11) is 0. The van der Waals surface area contributed by atoms with Crippen molar-refractivity contribution in [3.63, 3.8) is 0 Å². The van der Waals surface area contributed by atoms with E-state index in [0.717, 1.165) is 46.7 Å². The molecule has 0 bridgehead atoms. The van der Waals surface area contributed by atoms with Crippen molar-refractivity contribution in [2.75, 3.05) is 0 Å². The molecule has 0 aliphatic heterocycles. The van der Waals surface area contributed by atoms with Gasteiger partial charge in [-0.25, -0.2) is 0 Å². The smallest absolute Gasteiger partial charge is 0.418 e. The van der Waals surface area contributed by atoms with Crippen LogP contribution in [0.2, 0.25) is 0 Å². The molecule has 0 N–H and O–H groups in total. The zero-order valence-electron chi connectivity index (χ0n) is 21.1. The third-order valence-corrected chi connectivity index (χ3v) is 6.61. The summed E-state index contributed by atoms with van der Waals surface area (Å²) in [5.74, 6) is 0.655. The minimum atomic E-state index is -4.50. The standard InChI is InChI=1S/C33H28F3NO/c1-2-8-23-15-17-25(18-16-23)22-38-28-12-6-11-26(20-28)31-27(19-24-9-4-3-5-10-24)21-37-32-29(31)13-7-14-30(32)33(34,35)36/h3-7,9-18,20-21H,2,8,19,22H2,1H3. The summed E-state index contributed by atoms with van der Waals surface area (Å²) >= 11 is 0. The molecule has 1 aromatic heterocycles. The van der Waals surface area contributed by atoms with E-state index in [1.54, 1.807) is 12.3 Å². The van der Waals surface area contributed by atoms with E-state index in [-0.39, 0.29) is 5.52 Å². The minimum Gasteiger partial charge on any atom is -0.489 e. The maximum Gasteiger partial charge on any atom is 0.418 e. The molecular weight excluding hydrogens is 483 g/mol. The van der Waals surface area contributed by atoms with Gasteiger partial charge in [0.15, 0.2) is 0 Å². The number of alkyl halides is 3. The average Bonchev–Trinajstić information content (AvgIpc) is 2.92. The highest BCUT2D eigenvalue weighted by atomic mass is 19.4. The second-order valence-corrected chi connectivity index (χ2v) is 9.40. The summed E-state index contributed by atoms with van der Waals surface area (Å²) < 4.78 is 47.6. The molecule has 4 aromatic carbocycles. The summed E-state index contributed by atoms with van der Waals surface area (Å²) in [5, 5.41) is 0.469. The normalized spacial score (nSPS) is 11.6. The van der Waals surface area contributed by atoms with Gasteiger partial charge in [-0.05, 0) is 64.4 Å². The van der Waals surface area contributed by atoms with Crippen LogP contribution in [-0.2, 0) is 25.6 Å². The van der Waals surface area contributed by atoms with Crippen molar-refractivity contribution in [2.24, 2.45) is 0 Å². The number of halogens is 3. The van der Waals surface area contributed by atoms with E-state index in [0.29, 0.717) is 24.2 Å². The molecule has 38 heavy (non-hydrogen) atoms. The van der Waals surface area contributed by atoms with Crippen molar-refractivity contribution in [3.05, 3.63) is 131 Å². The highest BCUT2D eigenvalue weighted by Gasteiger charge is 2.33. The van der Waals surface area contributed by atoms with Crippen molar-refractivity contribution < 1.29 is 17.9 Å². The molecule has 0 spiro atoms. The van der Waals surface area contributed by atoms with E-state index in [2.05, 4.69) is 36.2 Å². The lowest BCUT2D eigenvalue weighted by molar-refractivity contribution is -0.136. The highest BCUT2D eigenvalue weighted by Crippen LogP contribution is 2.39. The Hall–Kier alpha value is -4.12. The number of fused-ring (bicyclic) bond motifs is 1. The fraction of sp³-hybridized carbons (Fsp3) is 0.182. The Bertz CT molecular complexity index is 1530. The van der Waals surface area contributed by atoms with Crippen molar-refractivity contribution in [1.82, 2.24) is 4.98 Å². The molecular formula is C33H28F3NO. The van der Waals surface area contributed by atoms with E-state index >= 15 is 0 Å². The first-order valence-electron chi connectivity index (χ1n) is 12.7. The van der Waals surface area contributed by atoms with Crippen LogP contribution in [0.4, 0.5) is 13.2 Å². The van der Waals surface area contributed by atoms with Gasteiger partial charge >= 0.3 is 6.18 Å². The SMILES string of the molecule is CCCc1ccc(COc2cccc(-c3c(Cc4ccccc4)cnc4c(C(F)(F)F)cccc34)c2)cc1. The fourth-order valence-corrected chi connectivity index (χ4v) is 4.78. The number of aryl methyl sites for hydroxylation is 1. The van der Waals surface area contributed by atoms with Gasteiger partial charge in [-0.3, -0.25) is 4.98 Å². The lowest BCUT2D eigenvalue weighted by atomic mass is 9.92. The second kappa shape index (κ2) is 11.1. The number of rotatable bonds is 8. The van der Waals surface area contributed by atoms with Gasteiger partial charge in [0.25, 0.3) is 0 Å². The molecule has 0 amide bonds. The van der Waals surface area contributed by atoms with E-state index in [4.69, 9.17) is 4.74 Å². The van der Waals surface area contributed by atoms with Gasteiger partial charge < -0.3 is 4.74 Å². The first kappa shape index (κ1) is 25.5. The number of nitrogens with zero attached hydrogens (tertiary/aromatic N) is 1. The Labute approximate surface area is 220 Å². The van der Waals surface area contributed by atoms with Crippen LogP contribution in [0.3, 0.4) is 0 Å². The van der Waals surface area contributed by atoms with Gasteiger partial charge in [0.05, 0.1) is 11.1 Å². The van der Waals surface area contributed by atoms with E-state index in [1.807, 2.05) is 54.6 Å². The Kier molecular flexibility index (Phi) is 7.45. The summed E-state index contributed by atoms with van der Waals surface area (Å²) in [5.41, 5.74) is 5.01. The molecule has 0 unspecified atom stereocenters. The van der Waals surface area contributed by atoms with Crippen molar-refractivity contribution in [3.8, 4) is 16.9 Å². The van der Waals surface area contributed by atoms with E-state index in [9.17, 15) is 13.2 Å². The molecule has 0 saturated carbocycles. The minimum absolute atomic E-state index is 0.0506. The predicted octanol–water partition coefficient (Wildman–Crippen LogP) is 9.04. The van der Waals surface area contributed by atoms with Crippen LogP contribution >= 0.6 is 0 Å². The van der Waals surface area contributed by atoms with Gasteiger partial charge in [0.1, 0.15) is 12.4 Å². The summed E-state index contributed by atoms with van der Waals surface area (Å²) in [6.45, 7) is 2.56. The first-order chi connectivity index (χ1) is 18.4. The lowest BCUT2D eigenvalue weighted by Crippen LogP contribution is -2.07. The second-order valence-electron chi connectivity index (χ2n) is 9.40. The number of hydrogen-bond acceptors (Lipinski definition) is 2. The molecule has 192 valence electrons. The number of ether oxygens (including phenoxy) is 1. The molecule has 0 saturated heterocycles. The van der Waals surface area contributed by atoms with Crippen LogP contribution in [0.15, 0.2) is 103 Å². The van der Waals surface area contributed by atoms with Gasteiger partial charge in [-0.1, -0.05) is 92.2 Å². The molecule has 0 atom stereocenters. The summed E-state index contributed by atoms with van der Waals surface area (Å²) in [4.78, 5) is 4.30. The quantitative estimate of drug-likeness (QED) is 0.207. The largest absolute Gasteiger partial charge is 0.489 e. The zero-order valence-corrected chi connectivity index (χ0v) is 21.1. The van der Waals surface area contributed by atoms with E-state index in [1.165, 1.54) is 11.6 Å². The number of pyridine rings is 1. The highest BCUT2D eigenvalue weighted by molar-refractivity contribution is 5.98. The fourth-order valence-electron chi connectivity index (χ4n) is 4.78. The van der Waals surface area contributed by atoms with Crippen LogP contribution < -0.4 is 4.74 Å². The number of benzene rings is 4. The predicted molar refractivity (Wildman–Crippen MR) is 146 cm³/mol. The monoisotopic (exact) mass is 511 g/mol.